The van der Waals surface area contributed by atoms with Gasteiger partial charge in [-0.3, -0.25) is 4.90 Å². The van der Waals surface area contributed by atoms with E-state index >= 15 is 0 Å². The molecule has 0 saturated carbocycles. The minimum absolute atomic E-state index is 0.659. The lowest BCUT2D eigenvalue weighted by Crippen LogP contribution is -2.49. The number of rotatable bonds is 8. The van der Waals surface area contributed by atoms with Crippen LogP contribution in [0.2, 0.25) is 0 Å². The summed E-state index contributed by atoms with van der Waals surface area (Å²) in [6, 6.07) is 1.37. The van der Waals surface area contributed by atoms with E-state index in [1.807, 2.05) is 0 Å². The lowest BCUT2D eigenvalue weighted by molar-refractivity contribution is 0.108. The SMILES string of the molecule is CCC(CC)N(CCOC)CC1CSCCN1. The fraction of sp³-hybridized carbons (Fsp3) is 1.00. The van der Waals surface area contributed by atoms with Crippen LogP contribution >= 0.6 is 11.8 Å². The van der Waals surface area contributed by atoms with Crippen LogP contribution in [0, 0.1) is 0 Å². The molecule has 1 unspecified atom stereocenters. The molecule has 0 aliphatic carbocycles. The third-order valence-electron chi connectivity index (χ3n) is 3.49. The van der Waals surface area contributed by atoms with E-state index in [0.29, 0.717) is 12.1 Å². The molecule has 0 aromatic carbocycles. The maximum Gasteiger partial charge on any atom is 0.0589 e. The van der Waals surface area contributed by atoms with E-state index in [1.165, 1.54) is 30.9 Å². The van der Waals surface area contributed by atoms with Crippen molar-refractivity contribution in [2.45, 2.75) is 38.8 Å². The molecule has 3 nitrogen and oxygen atoms in total. The van der Waals surface area contributed by atoms with E-state index in [-0.39, 0.29) is 0 Å². The van der Waals surface area contributed by atoms with E-state index in [1.54, 1.807) is 7.11 Å². The zero-order valence-corrected chi connectivity index (χ0v) is 12.4. The van der Waals surface area contributed by atoms with Crippen molar-refractivity contribution in [3.05, 3.63) is 0 Å². The number of ether oxygens (including phenoxy) is 1. The lowest BCUT2D eigenvalue weighted by atomic mass is 10.1. The number of methoxy groups -OCH3 is 1. The average Bonchev–Trinajstić information content (AvgIpc) is 2.38. The molecule has 0 aromatic heterocycles. The van der Waals surface area contributed by atoms with E-state index in [9.17, 15) is 0 Å². The Morgan fingerprint density at radius 2 is 2.18 bits per heavy atom. The normalized spacial score (nSPS) is 21.4. The summed E-state index contributed by atoms with van der Waals surface area (Å²) < 4.78 is 5.23. The molecule has 4 heteroatoms. The molecule has 0 spiro atoms. The molecule has 1 N–H and O–H groups in total. The largest absolute Gasteiger partial charge is 0.383 e. The highest BCUT2D eigenvalue weighted by atomic mass is 32.2. The summed E-state index contributed by atoms with van der Waals surface area (Å²) in [5.74, 6) is 2.52. The molecule has 1 rings (SSSR count). The predicted molar refractivity (Wildman–Crippen MR) is 76.9 cm³/mol. The van der Waals surface area contributed by atoms with Crippen molar-refractivity contribution in [2.75, 3.05) is 44.9 Å². The minimum Gasteiger partial charge on any atom is -0.383 e. The van der Waals surface area contributed by atoms with E-state index in [0.717, 1.165) is 19.7 Å². The highest BCUT2D eigenvalue weighted by Gasteiger charge is 2.20. The van der Waals surface area contributed by atoms with Gasteiger partial charge in [-0.15, -0.1) is 0 Å². The Balaban J connectivity index is 2.42. The molecule has 1 fully saturated rings. The lowest BCUT2D eigenvalue weighted by Gasteiger charge is -2.35. The van der Waals surface area contributed by atoms with Crippen LogP contribution in [0.25, 0.3) is 0 Å². The van der Waals surface area contributed by atoms with Gasteiger partial charge in [-0.1, -0.05) is 13.8 Å². The van der Waals surface area contributed by atoms with Gasteiger partial charge in [-0.05, 0) is 12.8 Å². The second kappa shape index (κ2) is 9.20. The number of hydrogen-bond acceptors (Lipinski definition) is 4. The first-order chi connectivity index (χ1) is 8.31. The molecule has 1 aliphatic rings. The highest BCUT2D eigenvalue weighted by Crippen LogP contribution is 2.13. The summed E-state index contributed by atoms with van der Waals surface area (Å²) in [6.07, 6.45) is 2.47. The van der Waals surface area contributed by atoms with Crippen molar-refractivity contribution >= 4 is 11.8 Å². The maximum absolute atomic E-state index is 5.23. The van der Waals surface area contributed by atoms with Gasteiger partial charge in [0.15, 0.2) is 0 Å². The molecule has 0 radical (unpaired) electrons. The van der Waals surface area contributed by atoms with E-state index in [4.69, 9.17) is 4.74 Å². The van der Waals surface area contributed by atoms with Gasteiger partial charge in [-0.25, -0.2) is 0 Å². The number of nitrogens with zero attached hydrogens (tertiary/aromatic N) is 1. The van der Waals surface area contributed by atoms with Gasteiger partial charge in [-0.2, -0.15) is 11.8 Å². The Morgan fingerprint density at radius 1 is 1.41 bits per heavy atom. The van der Waals surface area contributed by atoms with Crippen LogP contribution in [0.15, 0.2) is 0 Å². The standard InChI is InChI=1S/C13H28N2OS/c1-4-13(5-2)15(7-8-16-3)10-12-11-17-9-6-14-12/h12-14H,4-11H2,1-3H3. The van der Waals surface area contributed by atoms with Gasteiger partial charge in [0.05, 0.1) is 6.61 Å². The first-order valence-electron chi connectivity index (χ1n) is 6.85. The number of thioether (sulfide) groups is 1. The minimum atomic E-state index is 0.659. The summed E-state index contributed by atoms with van der Waals surface area (Å²) in [7, 11) is 1.79. The Kier molecular flexibility index (Phi) is 8.27. The zero-order valence-electron chi connectivity index (χ0n) is 11.6. The van der Waals surface area contributed by atoms with Crippen LogP contribution in [0.1, 0.15) is 26.7 Å². The topological polar surface area (TPSA) is 24.5 Å². The van der Waals surface area contributed by atoms with Gasteiger partial charge < -0.3 is 10.1 Å². The molecule has 1 saturated heterocycles. The number of nitrogens with one attached hydrogen (secondary N) is 1. The second-order valence-electron chi connectivity index (χ2n) is 4.68. The molecule has 1 aliphatic heterocycles. The Labute approximate surface area is 111 Å². The van der Waals surface area contributed by atoms with Crippen LogP contribution in [-0.2, 0) is 4.74 Å². The molecule has 1 heterocycles. The van der Waals surface area contributed by atoms with Crippen molar-refractivity contribution in [1.29, 1.82) is 0 Å². The Bertz CT molecular complexity index is 182. The second-order valence-corrected chi connectivity index (χ2v) is 5.83. The van der Waals surface area contributed by atoms with Crippen molar-refractivity contribution in [3.8, 4) is 0 Å². The van der Waals surface area contributed by atoms with Crippen LogP contribution in [-0.4, -0.2) is 61.8 Å². The predicted octanol–water partition coefficient (Wildman–Crippen LogP) is 1.83. The number of hydrogen-bond donors (Lipinski definition) is 1. The van der Waals surface area contributed by atoms with Crippen LogP contribution in [0.4, 0.5) is 0 Å². The summed E-state index contributed by atoms with van der Waals surface area (Å²) >= 11 is 2.08. The fourth-order valence-corrected chi connectivity index (χ4v) is 3.39. The van der Waals surface area contributed by atoms with E-state index < -0.39 is 0 Å². The molecule has 17 heavy (non-hydrogen) atoms. The molecule has 1 atom stereocenters. The molecule has 102 valence electrons. The highest BCUT2D eigenvalue weighted by molar-refractivity contribution is 7.99. The average molecular weight is 260 g/mol. The van der Waals surface area contributed by atoms with Crippen LogP contribution < -0.4 is 5.32 Å². The first kappa shape index (κ1) is 15.3. The molecule has 0 bridgehead atoms. The Morgan fingerprint density at radius 3 is 2.71 bits per heavy atom. The maximum atomic E-state index is 5.23. The molecule has 0 amide bonds. The smallest absolute Gasteiger partial charge is 0.0589 e. The summed E-state index contributed by atoms with van der Waals surface area (Å²) in [5.41, 5.74) is 0. The molecule has 0 aromatic rings. The van der Waals surface area contributed by atoms with Gasteiger partial charge in [0.2, 0.25) is 0 Å². The molecular weight excluding hydrogens is 232 g/mol. The van der Waals surface area contributed by atoms with Gasteiger partial charge in [0, 0.05) is 50.3 Å². The monoisotopic (exact) mass is 260 g/mol. The van der Waals surface area contributed by atoms with Crippen LogP contribution in [0.3, 0.4) is 0 Å². The Hall–Kier alpha value is 0.230. The van der Waals surface area contributed by atoms with Gasteiger partial charge in [0.1, 0.15) is 0 Å². The van der Waals surface area contributed by atoms with Crippen molar-refractivity contribution in [3.63, 3.8) is 0 Å². The third kappa shape index (κ3) is 5.60. The van der Waals surface area contributed by atoms with Crippen molar-refractivity contribution in [2.24, 2.45) is 0 Å². The van der Waals surface area contributed by atoms with Crippen LogP contribution in [0.5, 0.6) is 0 Å². The van der Waals surface area contributed by atoms with Crippen molar-refractivity contribution < 1.29 is 4.74 Å². The summed E-state index contributed by atoms with van der Waals surface area (Å²) in [4.78, 5) is 2.60. The fourth-order valence-electron chi connectivity index (χ4n) is 2.46. The third-order valence-corrected chi connectivity index (χ3v) is 4.63. The van der Waals surface area contributed by atoms with E-state index in [2.05, 4.69) is 35.8 Å². The summed E-state index contributed by atoms with van der Waals surface area (Å²) in [5, 5.41) is 3.63. The van der Waals surface area contributed by atoms with Crippen molar-refractivity contribution in [1.82, 2.24) is 10.2 Å². The quantitative estimate of drug-likeness (QED) is 0.719. The van der Waals surface area contributed by atoms with Gasteiger partial charge in [0.25, 0.3) is 0 Å². The zero-order chi connectivity index (χ0) is 12.5. The first-order valence-corrected chi connectivity index (χ1v) is 8.01. The van der Waals surface area contributed by atoms with Gasteiger partial charge >= 0.3 is 0 Å². The summed E-state index contributed by atoms with van der Waals surface area (Å²) in [6.45, 7) is 8.81. The molecular formula is C13H28N2OS.